The number of piperidine rings is 1. The number of halogens is 2. The molecule has 31 heavy (non-hydrogen) atoms. The fourth-order valence-electron chi connectivity index (χ4n) is 4.28. The van der Waals surface area contributed by atoms with E-state index in [1.54, 1.807) is 12.1 Å². The molecule has 156 valence electrons. The van der Waals surface area contributed by atoms with Crippen LogP contribution in [0.2, 0.25) is 5.02 Å². The number of fused-ring (bicyclic) bond motifs is 2. The Labute approximate surface area is 182 Å². The van der Waals surface area contributed by atoms with E-state index in [1.165, 1.54) is 24.5 Å². The lowest BCUT2D eigenvalue weighted by Crippen LogP contribution is -2.18. The van der Waals surface area contributed by atoms with Gasteiger partial charge in [0.05, 0.1) is 21.2 Å². The molecule has 9 heteroatoms. The number of nitro benzene ring substituents is 1. The van der Waals surface area contributed by atoms with Gasteiger partial charge in [0.2, 0.25) is 0 Å². The Hall–Kier alpha value is -3.28. The second-order valence-electron chi connectivity index (χ2n) is 7.94. The molecule has 3 aromatic rings. The number of rotatable bonds is 3. The number of hydrogen-bond acceptors (Lipinski definition) is 6. The summed E-state index contributed by atoms with van der Waals surface area (Å²) in [6.45, 7) is 2.04. The highest BCUT2D eigenvalue weighted by Gasteiger charge is 2.54. The number of nitrogens with zero attached hydrogens (tertiary/aromatic N) is 4. The Morgan fingerprint density at radius 2 is 2.06 bits per heavy atom. The molecule has 7 nitrogen and oxygen atoms in total. The van der Waals surface area contributed by atoms with Gasteiger partial charge in [-0.3, -0.25) is 10.1 Å². The van der Waals surface area contributed by atoms with E-state index in [0.717, 1.165) is 13.1 Å². The number of likely N-dealkylation sites (tertiary alicyclic amines) is 1. The van der Waals surface area contributed by atoms with Crippen LogP contribution in [0, 0.1) is 45.5 Å². The maximum absolute atomic E-state index is 14.3. The summed E-state index contributed by atoms with van der Waals surface area (Å²) in [7, 11) is 2.09. The maximum Gasteiger partial charge on any atom is 0.285 e. The third-order valence-corrected chi connectivity index (χ3v) is 6.20. The van der Waals surface area contributed by atoms with E-state index in [-0.39, 0.29) is 22.2 Å². The van der Waals surface area contributed by atoms with Crippen LogP contribution in [-0.2, 0) is 0 Å². The third kappa shape index (κ3) is 3.56. The van der Waals surface area contributed by atoms with Gasteiger partial charge in [-0.25, -0.2) is 14.4 Å². The van der Waals surface area contributed by atoms with Crippen LogP contribution in [-0.4, -0.2) is 39.9 Å². The summed E-state index contributed by atoms with van der Waals surface area (Å²) in [5.74, 6) is 7.25. The van der Waals surface area contributed by atoms with Crippen LogP contribution in [0.15, 0.2) is 36.7 Å². The van der Waals surface area contributed by atoms with Crippen LogP contribution in [0.4, 0.5) is 21.6 Å². The SMILES string of the molecule is CN1C[C@@H]2[C@H](C#Cc3cc4ncnc(Nc5cccc(Cl)c5F)c4cc3[N+](=O)[O-])[C@@H]2C1. The number of nitro groups is 1. The van der Waals surface area contributed by atoms with Crippen LogP contribution >= 0.6 is 11.6 Å². The monoisotopic (exact) mass is 437 g/mol. The minimum atomic E-state index is -0.631. The highest BCUT2D eigenvalue weighted by atomic mass is 35.5. The molecule has 1 aromatic heterocycles. The lowest BCUT2D eigenvalue weighted by molar-refractivity contribution is -0.385. The van der Waals surface area contributed by atoms with Gasteiger partial charge in [-0.15, -0.1) is 0 Å². The fraction of sp³-hybridized carbons (Fsp3) is 0.273. The normalized spacial score (nSPS) is 22.0. The Bertz CT molecular complexity index is 1280. The predicted molar refractivity (Wildman–Crippen MR) is 116 cm³/mol. The van der Waals surface area contributed by atoms with Crippen molar-refractivity contribution in [3.8, 4) is 11.8 Å². The molecule has 0 amide bonds. The molecule has 0 unspecified atom stereocenters. The topological polar surface area (TPSA) is 84.2 Å². The van der Waals surface area contributed by atoms with Crippen LogP contribution < -0.4 is 5.32 Å². The van der Waals surface area contributed by atoms with Gasteiger partial charge in [-0.1, -0.05) is 29.5 Å². The molecule has 1 aliphatic carbocycles. The van der Waals surface area contributed by atoms with Crippen molar-refractivity contribution in [1.82, 2.24) is 14.9 Å². The van der Waals surface area contributed by atoms with Gasteiger partial charge in [-0.05, 0) is 37.1 Å². The standard InChI is InChI=1S/C22H17ClFN5O2/c1-28-9-15-13(16(15)10-28)6-5-12-7-19-14(8-20(12)29(30)31)22(26-11-25-19)27-18-4-2-3-17(23)21(18)24/h2-4,7-8,11,13,15-16H,9-10H2,1H3,(H,25,26,27)/t13-,15+,16-. The third-order valence-electron chi connectivity index (χ3n) is 5.90. The molecule has 1 N–H and O–H groups in total. The minimum absolute atomic E-state index is 0.0389. The maximum atomic E-state index is 14.3. The molecule has 0 bridgehead atoms. The summed E-state index contributed by atoms with van der Waals surface area (Å²) >= 11 is 5.84. The zero-order valence-electron chi connectivity index (χ0n) is 16.5. The quantitative estimate of drug-likeness (QED) is 0.375. The molecule has 0 radical (unpaired) electrons. The average Bonchev–Trinajstić information content (AvgIpc) is 3.21. The second kappa shape index (κ2) is 7.45. The molecule has 2 heterocycles. The molecule has 5 rings (SSSR count). The first-order valence-corrected chi connectivity index (χ1v) is 10.1. The molecule has 2 aromatic carbocycles. The molecule has 1 saturated heterocycles. The Balaban J connectivity index is 1.52. The highest BCUT2D eigenvalue weighted by molar-refractivity contribution is 6.31. The highest BCUT2D eigenvalue weighted by Crippen LogP contribution is 2.50. The summed E-state index contributed by atoms with van der Waals surface area (Å²) in [5, 5.41) is 14.9. The average molecular weight is 438 g/mol. The number of benzene rings is 2. The fourth-order valence-corrected chi connectivity index (χ4v) is 4.46. The zero-order valence-corrected chi connectivity index (χ0v) is 17.2. The summed E-state index contributed by atoms with van der Waals surface area (Å²) < 4.78 is 14.3. The van der Waals surface area contributed by atoms with Crippen LogP contribution in [0.5, 0.6) is 0 Å². The number of aromatic nitrogens is 2. The van der Waals surface area contributed by atoms with Crippen molar-refractivity contribution in [3.05, 3.63) is 63.2 Å². The molecule has 0 spiro atoms. The molecular weight excluding hydrogens is 421 g/mol. The molecule has 1 saturated carbocycles. The van der Waals surface area contributed by atoms with Gasteiger partial charge in [0, 0.05) is 30.5 Å². The number of hydrogen-bond donors (Lipinski definition) is 1. The van der Waals surface area contributed by atoms with Crippen LogP contribution in [0.25, 0.3) is 10.9 Å². The smallest absolute Gasteiger partial charge is 0.285 e. The van der Waals surface area contributed by atoms with E-state index in [1.807, 2.05) is 0 Å². The van der Waals surface area contributed by atoms with Gasteiger partial charge in [0.25, 0.3) is 5.69 Å². The molecule has 2 fully saturated rings. The van der Waals surface area contributed by atoms with E-state index in [4.69, 9.17) is 11.6 Å². The van der Waals surface area contributed by atoms with Gasteiger partial charge < -0.3 is 10.2 Å². The minimum Gasteiger partial charge on any atom is -0.337 e. The van der Waals surface area contributed by atoms with E-state index in [0.29, 0.717) is 34.2 Å². The van der Waals surface area contributed by atoms with Crippen molar-refractivity contribution in [2.75, 3.05) is 25.5 Å². The van der Waals surface area contributed by atoms with E-state index < -0.39 is 10.7 Å². The number of anilines is 2. The van der Waals surface area contributed by atoms with Gasteiger partial charge in [0.1, 0.15) is 17.7 Å². The Morgan fingerprint density at radius 3 is 2.81 bits per heavy atom. The van der Waals surface area contributed by atoms with E-state index in [2.05, 4.69) is 39.1 Å². The lowest BCUT2D eigenvalue weighted by atomic mass is 10.1. The van der Waals surface area contributed by atoms with Crippen molar-refractivity contribution in [2.24, 2.45) is 17.8 Å². The molecule has 2 aliphatic rings. The van der Waals surface area contributed by atoms with Gasteiger partial charge in [-0.2, -0.15) is 0 Å². The van der Waals surface area contributed by atoms with Gasteiger partial charge >= 0.3 is 0 Å². The molecular formula is C22H17ClFN5O2. The largest absolute Gasteiger partial charge is 0.337 e. The molecule has 3 atom stereocenters. The van der Waals surface area contributed by atoms with Crippen molar-refractivity contribution in [3.63, 3.8) is 0 Å². The van der Waals surface area contributed by atoms with E-state index >= 15 is 0 Å². The second-order valence-corrected chi connectivity index (χ2v) is 8.34. The number of nitrogens with one attached hydrogen (secondary N) is 1. The van der Waals surface area contributed by atoms with Crippen LogP contribution in [0.1, 0.15) is 5.56 Å². The summed E-state index contributed by atoms with van der Waals surface area (Å²) in [6.07, 6.45) is 1.32. The lowest BCUT2D eigenvalue weighted by Gasteiger charge is -2.10. The first-order chi connectivity index (χ1) is 14.9. The summed E-state index contributed by atoms with van der Waals surface area (Å²) in [6, 6.07) is 7.51. The predicted octanol–water partition coefficient (Wildman–Crippen LogP) is 4.23. The summed E-state index contributed by atoms with van der Waals surface area (Å²) in [5.41, 5.74) is 0.775. The van der Waals surface area contributed by atoms with Gasteiger partial charge in [0.15, 0.2) is 5.82 Å². The Morgan fingerprint density at radius 1 is 1.29 bits per heavy atom. The first kappa shape index (κ1) is 19.7. The first-order valence-electron chi connectivity index (χ1n) is 9.76. The van der Waals surface area contributed by atoms with Crippen molar-refractivity contribution in [2.45, 2.75) is 0 Å². The summed E-state index contributed by atoms with van der Waals surface area (Å²) in [4.78, 5) is 21.9. The van der Waals surface area contributed by atoms with Crippen molar-refractivity contribution >= 4 is 39.7 Å². The van der Waals surface area contributed by atoms with Crippen molar-refractivity contribution in [1.29, 1.82) is 0 Å². The Kier molecular flexibility index (Phi) is 4.73. The van der Waals surface area contributed by atoms with Crippen molar-refractivity contribution < 1.29 is 9.31 Å². The van der Waals surface area contributed by atoms with Crippen LogP contribution in [0.3, 0.4) is 0 Å². The zero-order chi connectivity index (χ0) is 21.7. The van der Waals surface area contributed by atoms with E-state index in [9.17, 15) is 14.5 Å². The molecule has 1 aliphatic heterocycles.